The second-order valence-electron chi connectivity index (χ2n) is 4.39. The molecular weight excluding hydrogens is 204 g/mol. The molecule has 0 radical (unpaired) electrons. The van der Waals surface area contributed by atoms with Crippen molar-refractivity contribution in [3.8, 4) is 0 Å². The molecule has 1 aliphatic rings. The molecule has 0 aromatic rings. The summed E-state index contributed by atoms with van der Waals surface area (Å²) in [6.07, 6.45) is 5.52. The van der Waals surface area contributed by atoms with Gasteiger partial charge in [0.25, 0.3) is 5.91 Å². The van der Waals surface area contributed by atoms with Crippen LogP contribution in [0.25, 0.3) is 0 Å². The first-order valence-electron chi connectivity index (χ1n) is 5.78. The summed E-state index contributed by atoms with van der Waals surface area (Å²) in [5.41, 5.74) is 0.207. The first-order chi connectivity index (χ1) is 7.52. The van der Waals surface area contributed by atoms with Gasteiger partial charge in [0.15, 0.2) is 0 Å². The molecule has 0 heterocycles. The third-order valence-electron chi connectivity index (χ3n) is 2.90. The van der Waals surface area contributed by atoms with Crippen molar-refractivity contribution < 1.29 is 9.90 Å². The molecule has 0 unspecified atom stereocenters. The molecule has 16 heavy (non-hydrogen) atoms. The summed E-state index contributed by atoms with van der Waals surface area (Å²) < 4.78 is 0. The number of aliphatic hydroxyl groups is 1. The predicted octanol–water partition coefficient (Wildman–Crippen LogP) is 2.31. The lowest BCUT2D eigenvalue weighted by Crippen LogP contribution is -2.38. The molecule has 0 spiro atoms. The van der Waals surface area contributed by atoms with Crippen molar-refractivity contribution in [3.05, 3.63) is 11.3 Å². The zero-order valence-electron chi connectivity index (χ0n) is 9.97. The van der Waals surface area contributed by atoms with E-state index in [-0.39, 0.29) is 29.0 Å². The fraction of sp³-hybridized carbons (Fsp3) is 0.667. The van der Waals surface area contributed by atoms with Gasteiger partial charge in [-0.1, -0.05) is 19.3 Å². The van der Waals surface area contributed by atoms with Gasteiger partial charge in [-0.05, 0) is 26.7 Å². The molecule has 1 saturated carbocycles. The molecule has 0 saturated heterocycles. The van der Waals surface area contributed by atoms with E-state index < -0.39 is 0 Å². The summed E-state index contributed by atoms with van der Waals surface area (Å²) in [5.74, 6) is -0.403. The number of rotatable bonds is 3. The van der Waals surface area contributed by atoms with Gasteiger partial charge in [0.2, 0.25) is 0 Å². The van der Waals surface area contributed by atoms with Crippen LogP contribution in [0.2, 0.25) is 0 Å². The van der Waals surface area contributed by atoms with E-state index in [1.54, 1.807) is 0 Å². The maximum absolute atomic E-state index is 11.8. The van der Waals surface area contributed by atoms with Crippen molar-refractivity contribution in [1.82, 2.24) is 5.32 Å². The Labute approximate surface area is 96.2 Å². The standard InChI is InChI=1S/C12H20N2O2/c1-8(13)11(9(2)15)12(16)14-10-6-4-3-5-7-10/h10,13,15H,3-7H2,1-2H3,(H,14,16)/b11-9-,13-8?. The van der Waals surface area contributed by atoms with Crippen molar-refractivity contribution in [1.29, 1.82) is 5.41 Å². The van der Waals surface area contributed by atoms with E-state index in [1.165, 1.54) is 20.3 Å². The quantitative estimate of drug-likeness (QED) is 0.391. The van der Waals surface area contributed by atoms with Crippen molar-refractivity contribution in [3.63, 3.8) is 0 Å². The van der Waals surface area contributed by atoms with Crippen LogP contribution in [0.3, 0.4) is 0 Å². The van der Waals surface area contributed by atoms with Gasteiger partial charge in [0.05, 0.1) is 5.57 Å². The maximum Gasteiger partial charge on any atom is 0.256 e. The molecule has 0 aliphatic heterocycles. The van der Waals surface area contributed by atoms with Gasteiger partial charge in [-0.3, -0.25) is 4.79 Å². The second-order valence-corrected chi connectivity index (χ2v) is 4.39. The first kappa shape index (κ1) is 12.7. The minimum atomic E-state index is -0.320. The van der Waals surface area contributed by atoms with E-state index in [9.17, 15) is 9.90 Å². The number of hydrogen-bond donors (Lipinski definition) is 3. The van der Waals surface area contributed by atoms with Crippen LogP contribution in [0.1, 0.15) is 46.0 Å². The fourth-order valence-electron chi connectivity index (χ4n) is 2.11. The number of carbonyl (C=O) groups excluding carboxylic acids is 1. The molecule has 1 rings (SSSR count). The van der Waals surface area contributed by atoms with E-state index in [0.717, 1.165) is 25.7 Å². The molecule has 4 nitrogen and oxygen atoms in total. The lowest BCUT2D eigenvalue weighted by Gasteiger charge is -2.23. The Morgan fingerprint density at radius 1 is 1.25 bits per heavy atom. The number of nitrogens with one attached hydrogen (secondary N) is 2. The molecule has 1 fully saturated rings. The topological polar surface area (TPSA) is 73.2 Å². The van der Waals surface area contributed by atoms with Crippen molar-refractivity contribution in [2.24, 2.45) is 0 Å². The van der Waals surface area contributed by atoms with Gasteiger partial charge in [-0.15, -0.1) is 0 Å². The number of amides is 1. The molecule has 0 atom stereocenters. The normalized spacial score (nSPS) is 18.9. The van der Waals surface area contributed by atoms with E-state index in [0.29, 0.717) is 0 Å². The van der Waals surface area contributed by atoms with E-state index in [2.05, 4.69) is 5.32 Å². The summed E-state index contributed by atoms with van der Waals surface area (Å²) in [6, 6.07) is 0.204. The Hall–Kier alpha value is -1.32. The van der Waals surface area contributed by atoms with Crippen LogP contribution in [0, 0.1) is 5.41 Å². The van der Waals surface area contributed by atoms with Crippen molar-refractivity contribution in [2.75, 3.05) is 0 Å². The lowest BCUT2D eigenvalue weighted by atomic mass is 9.95. The van der Waals surface area contributed by atoms with E-state index in [4.69, 9.17) is 5.41 Å². The Bertz CT molecular complexity index is 311. The molecule has 0 bridgehead atoms. The molecule has 4 heteroatoms. The fourth-order valence-corrected chi connectivity index (χ4v) is 2.11. The van der Waals surface area contributed by atoms with Crippen LogP contribution in [-0.4, -0.2) is 22.8 Å². The maximum atomic E-state index is 11.8. The van der Waals surface area contributed by atoms with Crippen LogP contribution in [0.4, 0.5) is 0 Å². The van der Waals surface area contributed by atoms with Gasteiger partial charge in [-0.2, -0.15) is 0 Å². The van der Waals surface area contributed by atoms with E-state index in [1.807, 2.05) is 0 Å². The SMILES string of the molecule is CC(=N)/C(C(=O)NC1CCCCC1)=C(\C)O. The van der Waals surface area contributed by atoms with Crippen LogP contribution in [-0.2, 0) is 4.79 Å². The second kappa shape index (κ2) is 5.68. The molecule has 0 aromatic heterocycles. The highest BCUT2D eigenvalue weighted by atomic mass is 16.3. The van der Waals surface area contributed by atoms with Gasteiger partial charge < -0.3 is 15.8 Å². The summed E-state index contributed by atoms with van der Waals surface area (Å²) in [7, 11) is 0. The Morgan fingerprint density at radius 2 is 1.81 bits per heavy atom. The third kappa shape index (κ3) is 3.36. The molecular formula is C12H20N2O2. The average Bonchev–Trinajstić information content (AvgIpc) is 2.17. The Kier molecular flexibility index (Phi) is 4.52. The summed E-state index contributed by atoms with van der Waals surface area (Å²) in [4.78, 5) is 11.8. The number of allylic oxidation sites excluding steroid dienone is 1. The zero-order valence-corrected chi connectivity index (χ0v) is 9.97. The highest BCUT2D eigenvalue weighted by molar-refractivity contribution is 6.19. The molecule has 1 aliphatic carbocycles. The number of hydrogen-bond acceptors (Lipinski definition) is 3. The van der Waals surface area contributed by atoms with Crippen LogP contribution in [0.15, 0.2) is 11.3 Å². The predicted molar refractivity (Wildman–Crippen MR) is 63.7 cm³/mol. The Balaban J connectivity index is 2.62. The van der Waals surface area contributed by atoms with Gasteiger partial charge in [0, 0.05) is 11.8 Å². The van der Waals surface area contributed by atoms with Gasteiger partial charge in [-0.25, -0.2) is 0 Å². The minimum Gasteiger partial charge on any atom is -0.512 e. The zero-order chi connectivity index (χ0) is 12.1. The van der Waals surface area contributed by atoms with Crippen LogP contribution >= 0.6 is 0 Å². The number of aliphatic hydroxyl groups excluding tert-OH is 1. The first-order valence-corrected chi connectivity index (χ1v) is 5.78. The molecule has 0 aromatic carbocycles. The van der Waals surface area contributed by atoms with Crippen molar-refractivity contribution >= 4 is 11.6 Å². The highest BCUT2D eigenvalue weighted by Gasteiger charge is 2.20. The molecule has 1 amide bonds. The summed E-state index contributed by atoms with van der Waals surface area (Å²) >= 11 is 0. The van der Waals surface area contributed by atoms with Crippen LogP contribution < -0.4 is 5.32 Å². The summed E-state index contributed by atoms with van der Waals surface area (Å²) in [5, 5.41) is 19.7. The molecule has 3 N–H and O–H groups in total. The Morgan fingerprint density at radius 3 is 2.25 bits per heavy atom. The van der Waals surface area contributed by atoms with Gasteiger partial charge >= 0.3 is 0 Å². The molecule has 90 valence electrons. The lowest BCUT2D eigenvalue weighted by molar-refractivity contribution is -0.118. The largest absolute Gasteiger partial charge is 0.512 e. The van der Waals surface area contributed by atoms with Crippen molar-refractivity contribution in [2.45, 2.75) is 52.0 Å². The third-order valence-corrected chi connectivity index (χ3v) is 2.90. The monoisotopic (exact) mass is 224 g/mol. The van der Waals surface area contributed by atoms with Crippen LogP contribution in [0.5, 0.6) is 0 Å². The summed E-state index contributed by atoms with van der Waals surface area (Å²) in [6.45, 7) is 2.95. The minimum absolute atomic E-state index is 0.0826. The van der Waals surface area contributed by atoms with Gasteiger partial charge in [0.1, 0.15) is 5.76 Å². The smallest absolute Gasteiger partial charge is 0.256 e. The number of carbonyl (C=O) groups is 1. The average molecular weight is 224 g/mol. The highest BCUT2D eigenvalue weighted by Crippen LogP contribution is 2.18. The van der Waals surface area contributed by atoms with E-state index >= 15 is 0 Å².